The maximum Gasteiger partial charge on any atom is 0.238 e. The van der Waals surface area contributed by atoms with Gasteiger partial charge in [0.05, 0.1) is 37.6 Å². The highest BCUT2D eigenvalue weighted by Crippen LogP contribution is 2.35. The second kappa shape index (κ2) is 24.1. The molecular weight excluding hydrogens is 727 g/mol. The van der Waals surface area contributed by atoms with E-state index in [1.807, 2.05) is 0 Å². The quantitative estimate of drug-likeness (QED) is 0.0933. The van der Waals surface area contributed by atoms with Crippen LogP contribution in [0.3, 0.4) is 0 Å². The molecule has 9 atom stereocenters. The summed E-state index contributed by atoms with van der Waals surface area (Å²) < 4.78 is 13.0. The first-order valence-corrected chi connectivity index (χ1v) is 25.3. The summed E-state index contributed by atoms with van der Waals surface area (Å²) in [6, 6.07) is 0.935. The molecule has 1 amide bonds. The number of piperazine rings is 1. The second-order valence-electron chi connectivity index (χ2n) is 20.5. The van der Waals surface area contributed by atoms with Gasteiger partial charge in [-0.3, -0.25) is 14.6 Å². The number of piperidine rings is 2. The zero-order chi connectivity index (χ0) is 39.9. The van der Waals surface area contributed by atoms with Crippen LogP contribution in [0.4, 0.5) is 0 Å². The average molecular weight is 814 g/mol. The van der Waals surface area contributed by atoms with E-state index in [9.17, 15) is 15.0 Å². The van der Waals surface area contributed by atoms with E-state index in [1.165, 1.54) is 141 Å². The van der Waals surface area contributed by atoms with E-state index < -0.39 is 12.2 Å². The molecule has 0 bridgehead atoms. The van der Waals surface area contributed by atoms with Crippen LogP contribution >= 0.6 is 0 Å². The number of aliphatic hydroxyl groups excluding tert-OH is 2. The zero-order valence-electron chi connectivity index (χ0n) is 36.7. The Hall–Kier alpha value is -0.850. The van der Waals surface area contributed by atoms with Crippen LogP contribution in [0.25, 0.3) is 0 Å². The lowest BCUT2D eigenvalue weighted by Gasteiger charge is -2.43. The van der Waals surface area contributed by atoms with E-state index in [1.54, 1.807) is 0 Å². The minimum Gasteiger partial charge on any atom is -0.389 e. The maximum absolute atomic E-state index is 14.6. The molecule has 7 aliphatic rings. The largest absolute Gasteiger partial charge is 0.389 e. The Kier molecular flexibility index (Phi) is 18.8. The van der Waals surface area contributed by atoms with Crippen LogP contribution in [0.1, 0.15) is 167 Å². The summed E-state index contributed by atoms with van der Waals surface area (Å²) >= 11 is 0. The van der Waals surface area contributed by atoms with Gasteiger partial charge in [0.25, 0.3) is 0 Å². The molecule has 0 aromatic rings. The minimum absolute atomic E-state index is 0.102. The molecule has 10 nitrogen and oxygen atoms in total. The molecule has 4 aliphatic carbocycles. The summed E-state index contributed by atoms with van der Waals surface area (Å²) in [5.74, 6) is 2.92. The first-order valence-electron chi connectivity index (χ1n) is 25.3. The Bertz CT molecular complexity index is 1140. The Morgan fingerprint density at radius 3 is 1.71 bits per heavy atom. The van der Waals surface area contributed by atoms with Crippen LogP contribution in [-0.2, 0) is 14.3 Å². The molecule has 10 heteroatoms. The van der Waals surface area contributed by atoms with Crippen LogP contribution in [0.15, 0.2) is 0 Å². The van der Waals surface area contributed by atoms with Gasteiger partial charge in [-0.05, 0) is 102 Å². The van der Waals surface area contributed by atoms with E-state index in [0.717, 1.165) is 57.2 Å². The molecular formula is C48H87N5O5. The molecule has 0 aromatic carbocycles. The number of β-amino-alcohol motifs (C(OH)–C–C–N with tert-alkyl or cyclic N) is 2. The summed E-state index contributed by atoms with van der Waals surface area (Å²) in [6.45, 7) is 5.84. The number of rotatable bonds is 20. The van der Waals surface area contributed by atoms with Crippen molar-refractivity contribution in [2.24, 2.45) is 23.7 Å². The maximum atomic E-state index is 14.6. The molecule has 0 radical (unpaired) electrons. The normalized spacial score (nSPS) is 33.3. The average Bonchev–Trinajstić information content (AvgIpc) is 3.26. The minimum atomic E-state index is -0.645. The smallest absolute Gasteiger partial charge is 0.238 e. The van der Waals surface area contributed by atoms with Gasteiger partial charge in [-0.2, -0.15) is 0 Å². The van der Waals surface area contributed by atoms with E-state index in [2.05, 4.69) is 25.8 Å². The van der Waals surface area contributed by atoms with E-state index in [-0.39, 0.29) is 30.2 Å². The first kappa shape index (κ1) is 45.2. The topological polar surface area (TPSA) is 119 Å². The van der Waals surface area contributed by atoms with Crippen LogP contribution in [0.2, 0.25) is 0 Å². The van der Waals surface area contributed by atoms with Crippen LogP contribution < -0.4 is 16.0 Å². The van der Waals surface area contributed by atoms with E-state index >= 15 is 0 Å². The number of nitrogens with one attached hydrogen (secondary N) is 3. The van der Waals surface area contributed by atoms with Crippen molar-refractivity contribution in [2.45, 2.75) is 216 Å². The zero-order valence-corrected chi connectivity index (χ0v) is 36.7. The van der Waals surface area contributed by atoms with Gasteiger partial charge >= 0.3 is 0 Å². The fourth-order valence-corrected chi connectivity index (χ4v) is 12.9. The summed E-state index contributed by atoms with van der Waals surface area (Å²) in [6.07, 6.45) is 32.0. The molecule has 0 aromatic heterocycles. The first-order chi connectivity index (χ1) is 28.5. The van der Waals surface area contributed by atoms with Crippen molar-refractivity contribution in [3.63, 3.8) is 0 Å². The van der Waals surface area contributed by atoms with Gasteiger partial charge in [-0.15, -0.1) is 0 Å². The van der Waals surface area contributed by atoms with Crippen molar-refractivity contribution in [1.82, 2.24) is 25.8 Å². The number of hydrogen-bond acceptors (Lipinski definition) is 9. The van der Waals surface area contributed by atoms with Crippen LogP contribution in [0.5, 0.6) is 0 Å². The predicted molar refractivity (Wildman–Crippen MR) is 233 cm³/mol. The molecule has 3 heterocycles. The molecule has 7 unspecified atom stereocenters. The lowest BCUT2D eigenvalue weighted by Crippen LogP contribution is -2.62. The lowest BCUT2D eigenvalue weighted by atomic mass is 9.77. The van der Waals surface area contributed by atoms with Gasteiger partial charge in [0.2, 0.25) is 5.91 Å². The molecule has 5 N–H and O–H groups in total. The van der Waals surface area contributed by atoms with Crippen LogP contribution in [-0.4, -0.2) is 134 Å². The number of hydrogen-bond donors (Lipinski definition) is 5. The molecule has 7 rings (SSSR count). The SMILES string of the molecule is O=C(NC(CCCC1CCCCC1)CCCC1CCCCC1)C1CN(C[C@H](O)COC2CCCC3NCCCC32)CCN1C[C@H](O)COC1CCCC2NCCCC21. The van der Waals surface area contributed by atoms with E-state index in [4.69, 9.17) is 9.47 Å². The predicted octanol–water partition coefficient (Wildman–Crippen LogP) is 6.56. The fourth-order valence-electron chi connectivity index (χ4n) is 12.9. The summed E-state index contributed by atoms with van der Waals surface area (Å²) in [7, 11) is 0. The van der Waals surface area contributed by atoms with Crippen molar-refractivity contribution in [3.8, 4) is 0 Å². The fraction of sp³-hybridized carbons (Fsp3) is 0.979. The van der Waals surface area contributed by atoms with Crippen LogP contribution in [0, 0.1) is 23.7 Å². The Morgan fingerprint density at radius 1 is 0.621 bits per heavy atom. The van der Waals surface area contributed by atoms with Gasteiger partial charge in [-0.1, -0.05) is 89.9 Å². The van der Waals surface area contributed by atoms with Crippen molar-refractivity contribution in [2.75, 3.05) is 59.0 Å². The highest BCUT2D eigenvalue weighted by atomic mass is 16.5. The van der Waals surface area contributed by atoms with Crippen molar-refractivity contribution >= 4 is 5.91 Å². The number of ether oxygens (including phenoxy) is 2. The summed E-state index contributed by atoms with van der Waals surface area (Å²) in [5, 5.41) is 33.9. The molecule has 3 saturated heterocycles. The van der Waals surface area contributed by atoms with Crippen molar-refractivity contribution < 1.29 is 24.5 Å². The number of carbonyl (C=O) groups is 1. The van der Waals surface area contributed by atoms with Crippen molar-refractivity contribution in [1.29, 1.82) is 0 Å². The molecule has 334 valence electrons. The monoisotopic (exact) mass is 814 g/mol. The van der Waals surface area contributed by atoms with Crippen molar-refractivity contribution in [3.05, 3.63) is 0 Å². The van der Waals surface area contributed by atoms with Gasteiger partial charge in [0, 0.05) is 62.7 Å². The Labute approximate surface area is 353 Å². The number of aliphatic hydroxyl groups is 2. The third kappa shape index (κ3) is 13.8. The molecule has 0 spiro atoms. The highest BCUT2D eigenvalue weighted by molar-refractivity contribution is 5.82. The summed E-state index contributed by atoms with van der Waals surface area (Å²) in [5.41, 5.74) is 0. The van der Waals surface area contributed by atoms with Gasteiger partial charge < -0.3 is 35.6 Å². The van der Waals surface area contributed by atoms with Gasteiger partial charge in [-0.25, -0.2) is 0 Å². The third-order valence-electron chi connectivity index (χ3n) is 16.2. The standard InChI is InChI=1S/C48H87N5O5/c54-39(34-57-46-25-9-23-43-41(46)21-11-27-49-43)31-52-29-30-53(32-40(55)35-58-47-26-10-24-44-42(47)22-12-28-50-44)45(33-52)48(56)51-38(19-7-17-36-13-3-1-4-14-36)20-8-18-37-15-5-2-6-16-37/h36-47,49-50,54-55H,1-35H2,(H,51,56)/t39-,40-,41?,42?,43?,44?,45?,46?,47?/m0/s1. The molecule has 3 aliphatic heterocycles. The molecule has 58 heavy (non-hydrogen) atoms. The number of fused-ring (bicyclic) bond motifs is 2. The third-order valence-corrected chi connectivity index (χ3v) is 16.2. The highest BCUT2D eigenvalue weighted by Gasteiger charge is 2.39. The Morgan fingerprint density at radius 2 is 1.16 bits per heavy atom. The second-order valence-corrected chi connectivity index (χ2v) is 20.5. The number of carbonyl (C=O) groups excluding carboxylic acids is 1. The number of amides is 1. The van der Waals surface area contributed by atoms with Gasteiger partial charge in [0.15, 0.2) is 0 Å². The van der Waals surface area contributed by atoms with E-state index in [0.29, 0.717) is 63.3 Å². The lowest BCUT2D eigenvalue weighted by molar-refractivity contribution is -0.132. The Balaban J connectivity index is 0.954. The van der Waals surface area contributed by atoms with Gasteiger partial charge in [0.1, 0.15) is 6.04 Å². The summed E-state index contributed by atoms with van der Waals surface area (Å²) in [4.78, 5) is 19.1. The molecule has 7 fully saturated rings. The number of nitrogens with zero attached hydrogens (tertiary/aromatic N) is 2. The molecule has 4 saturated carbocycles.